The van der Waals surface area contributed by atoms with Crippen molar-refractivity contribution in [2.24, 2.45) is 0 Å². The van der Waals surface area contributed by atoms with E-state index in [1.807, 2.05) is 6.08 Å². The van der Waals surface area contributed by atoms with Crippen LogP contribution in [0.2, 0.25) is 0 Å². The van der Waals surface area contributed by atoms with Crippen LogP contribution in [0.3, 0.4) is 0 Å². The van der Waals surface area contributed by atoms with Gasteiger partial charge in [0.2, 0.25) is 0 Å². The maximum atomic E-state index is 4.06. The zero-order chi connectivity index (χ0) is 33.5. The van der Waals surface area contributed by atoms with Gasteiger partial charge in [0.25, 0.3) is 0 Å². The number of fused-ring (bicyclic) bond motifs is 1. The lowest BCUT2D eigenvalue weighted by Crippen LogP contribution is -2.29. The third kappa shape index (κ3) is 6.70. The van der Waals surface area contributed by atoms with Gasteiger partial charge in [-0.1, -0.05) is 164 Å². The van der Waals surface area contributed by atoms with Gasteiger partial charge < -0.3 is 0 Å². The van der Waals surface area contributed by atoms with E-state index < -0.39 is 0 Å². The van der Waals surface area contributed by atoms with E-state index in [9.17, 15) is 0 Å². The number of hydrogen-bond donors (Lipinski definition) is 0. The van der Waals surface area contributed by atoms with Gasteiger partial charge in [0.05, 0.1) is 0 Å². The Labute approximate surface area is 285 Å². The van der Waals surface area contributed by atoms with Crippen molar-refractivity contribution in [3.8, 4) is 11.1 Å². The molecule has 0 radical (unpaired) electrons. The monoisotopic (exact) mass is 618 g/mol. The van der Waals surface area contributed by atoms with Crippen molar-refractivity contribution in [2.75, 3.05) is 0 Å². The standard InChI is InChI=1S/C48H42/c1-6-17-45(34(4)7-2)44(8-3)42-22-16-23-43(33-42)48(39-19-10-9-11-20-39)47-25-15-14-24-46(47)35(5)36-26-28-38(29-27-36)41-31-30-37-18-12-13-21-40(37)32-41/h6-33H,2H2,1,3-5H3/b17-6-,44-8-,45-34+,46-35+,48-47+. The second-order valence-corrected chi connectivity index (χ2v) is 12.1. The Kier molecular flexibility index (Phi) is 9.93. The Bertz CT molecular complexity index is 2310. The lowest BCUT2D eigenvalue weighted by atomic mass is 9.88. The molecule has 0 nitrogen and oxygen atoms in total. The Morgan fingerprint density at radius 3 is 1.85 bits per heavy atom. The summed E-state index contributed by atoms with van der Waals surface area (Å²) in [5.41, 5.74) is 13.2. The molecule has 0 heteroatoms. The molecule has 0 aliphatic heterocycles. The van der Waals surface area contributed by atoms with Crippen LogP contribution in [0.1, 0.15) is 49.9 Å². The molecule has 6 aromatic rings. The van der Waals surface area contributed by atoms with Crippen LogP contribution in [0.4, 0.5) is 0 Å². The van der Waals surface area contributed by atoms with E-state index in [2.05, 4.69) is 198 Å². The zero-order valence-electron chi connectivity index (χ0n) is 28.4. The fourth-order valence-electron chi connectivity index (χ4n) is 6.58. The van der Waals surface area contributed by atoms with Gasteiger partial charge in [-0.3, -0.25) is 0 Å². The number of benzene rings is 6. The first kappa shape index (κ1) is 32.2. The lowest BCUT2D eigenvalue weighted by Gasteiger charge is -2.15. The van der Waals surface area contributed by atoms with Crippen molar-refractivity contribution in [3.05, 3.63) is 220 Å². The van der Waals surface area contributed by atoms with Gasteiger partial charge >= 0.3 is 0 Å². The second-order valence-electron chi connectivity index (χ2n) is 12.1. The summed E-state index contributed by atoms with van der Waals surface area (Å²) in [6, 6.07) is 52.8. The lowest BCUT2D eigenvalue weighted by molar-refractivity contribution is 1.39. The maximum absolute atomic E-state index is 4.06. The van der Waals surface area contributed by atoms with E-state index in [0.29, 0.717) is 0 Å². The largest absolute Gasteiger partial charge is 0.0988 e. The predicted molar refractivity (Wildman–Crippen MR) is 209 cm³/mol. The average Bonchev–Trinajstić information content (AvgIpc) is 3.15. The molecule has 0 bridgehead atoms. The summed E-state index contributed by atoms with van der Waals surface area (Å²) in [4.78, 5) is 0. The van der Waals surface area contributed by atoms with Crippen LogP contribution in [0.25, 0.3) is 38.6 Å². The Morgan fingerprint density at radius 2 is 1.15 bits per heavy atom. The molecule has 0 amide bonds. The van der Waals surface area contributed by atoms with Crippen molar-refractivity contribution < 1.29 is 0 Å². The molecule has 0 aromatic heterocycles. The minimum Gasteiger partial charge on any atom is -0.0988 e. The molecule has 0 fully saturated rings. The van der Waals surface area contributed by atoms with Crippen LogP contribution < -0.4 is 10.4 Å². The summed E-state index contributed by atoms with van der Waals surface area (Å²) in [5.74, 6) is 0. The van der Waals surface area contributed by atoms with Gasteiger partial charge in [-0.25, -0.2) is 0 Å². The van der Waals surface area contributed by atoms with Crippen LogP contribution in [-0.4, -0.2) is 0 Å². The highest BCUT2D eigenvalue weighted by atomic mass is 14.2. The van der Waals surface area contributed by atoms with Crippen molar-refractivity contribution in [1.29, 1.82) is 0 Å². The van der Waals surface area contributed by atoms with E-state index in [4.69, 9.17) is 0 Å². The quantitative estimate of drug-likeness (QED) is 0.149. The molecule has 0 N–H and O–H groups in total. The molecule has 234 valence electrons. The normalized spacial score (nSPS) is 13.7. The molecule has 0 heterocycles. The maximum Gasteiger partial charge on any atom is -0.00325 e. The molecule has 6 rings (SSSR count). The van der Waals surface area contributed by atoms with Crippen LogP contribution in [0.15, 0.2) is 188 Å². The van der Waals surface area contributed by atoms with E-state index in [1.54, 1.807) is 0 Å². The van der Waals surface area contributed by atoms with Crippen LogP contribution in [-0.2, 0) is 0 Å². The molecule has 48 heavy (non-hydrogen) atoms. The van der Waals surface area contributed by atoms with Crippen molar-refractivity contribution in [2.45, 2.75) is 27.7 Å². The summed E-state index contributed by atoms with van der Waals surface area (Å²) in [7, 11) is 0. The third-order valence-electron chi connectivity index (χ3n) is 9.17. The van der Waals surface area contributed by atoms with E-state index in [-0.39, 0.29) is 0 Å². The van der Waals surface area contributed by atoms with Gasteiger partial charge in [0.15, 0.2) is 0 Å². The Balaban J connectivity index is 1.53. The van der Waals surface area contributed by atoms with Crippen molar-refractivity contribution >= 4 is 27.5 Å². The van der Waals surface area contributed by atoms with Crippen molar-refractivity contribution in [1.82, 2.24) is 0 Å². The summed E-state index contributed by atoms with van der Waals surface area (Å²) in [6.07, 6.45) is 8.42. The second kappa shape index (κ2) is 14.8. The molecule has 0 saturated heterocycles. The summed E-state index contributed by atoms with van der Waals surface area (Å²) >= 11 is 0. The molecule has 0 aliphatic carbocycles. The van der Waals surface area contributed by atoms with Gasteiger partial charge in [-0.05, 0) is 122 Å². The van der Waals surface area contributed by atoms with Crippen LogP contribution in [0.5, 0.6) is 0 Å². The number of allylic oxidation sites excluding steroid dienone is 7. The molecule has 0 saturated carbocycles. The van der Waals surface area contributed by atoms with Crippen molar-refractivity contribution in [3.63, 3.8) is 0 Å². The highest BCUT2D eigenvalue weighted by Gasteiger charge is 2.13. The average molecular weight is 619 g/mol. The summed E-state index contributed by atoms with van der Waals surface area (Å²) < 4.78 is 0. The Hall–Kier alpha value is -5.72. The smallest absolute Gasteiger partial charge is 0.00325 e. The minimum absolute atomic E-state index is 1.15. The van der Waals surface area contributed by atoms with Gasteiger partial charge in [-0.2, -0.15) is 0 Å². The van der Waals surface area contributed by atoms with E-state index in [0.717, 1.165) is 5.57 Å². The summed E-state index contributed by atoms with van der Waals surface area (Å²) in [6.45, 7) is 12.6. The third-order valence-corrected chi connectivity index (χ3v) is 9.17. The Morgan fingerprint density at radius 1 is 0.521 bits per heavy atom. The SMILES string of the molecule is C=C/C(C)=C(\C=C/C)C(=C\C)/c1cccc(/C(c2ccccc2)=c2\cccc\c2=C(\C)c2ccc(-c3ccc4ccccc4c3)cc2)c1. The molecular weight excluding hydrogens is 577 g/mol. The fourth-order valence-corrected chi connectivity index (χ4v) is 6.58. The molecule has 0 spiro atoms. The first-order valence-corrected chi connectivity index (χ1v) is 16.7. The highest BCUT2D eigenvalue weighted by molar-refractivity contribution is 5.88. The fraction of sp³-hybridized carbons (Fsp3) is 0.0833. The topological polar surface area (TPSA) is 0 Å². The molecule has 0 aliphatic rings. The molecular formula is C48H42. The van der Waals surface area contributed by atoms with Gasteiger partial charge in [0.1, 0.15) is 0 Å². The summed E-state index contributed by atoms with van der Waals surface area (Å²) in [5, 5.41) is 4.96. The van der Waals surface area contributed by atoms with E-state index in [1.165, 1.54) is 76.9 Å². The van der Waals surface area contributed by atoms with Gasteiger partial charge in [0, 0.05) is 0 Å². The number of hydrogen-bond acceptors (Lipinski definition) is 0. The first-order chi connectivity index (χ1) is 23.5. The predicted octanol–water partition coefficient (Wildman–Crippen LogP) is 11.5. The van der Waals surface area contributed by atoms with Gasteiger partial charge in [-0.15, -0.1) is 0 Å². The highest BCUT2D eigenvalue weighted by Crippen LogP contribution is 2.31. The number of rotatable bonds is 8. The zero-order valence-corrected chi connectivity index (χ0v) is 28.4. The first-order valence-electron chi connectivity index (χ1n) is 16.7. The minimum atomic E-state index is 1.15. The van der Waals surface area contributed by atoms with Crippen LogP contribution in [0, 0.1) is 0 Å². The molecule has 0 unspecified atom stereocenters. The molecule has 0 atom stereocenters. The van der Waals surface area contributed by atoms with Crippen LogP contribution >= 0.6 is 0 Å². The van der Waals surface area contributed by atoms with E-state index >= 15 is 0 Å². The molecule has 6 aromatic carbocycles.